The summed E-state index contributed by atoms with van der Waals surface area (Å²) in [6, 6.07) is 0. The third-order valence-corrected chi connectivity index (χ3v) is 1.65. The first-order valence-corrected chi connectivity index (χ1v) is 3.38. The van der Waals surface area contributed by atoms with E-state index in [1.54, 1.807) is 0 Å². The average molecular weight is 149 g/mol. The number of fused-ring (bicyclic) bond motifs is 1. The van der Waals surface area contributed by atoms with Gasteiger partial charge < -0.3 is 9.30 Å². The highest BCUT2D eigenvalue weighted by Gasteiger charge is 2.13. The Hall–Kier alpha value is -1.34. The van der Waals surface area contributed by atoms with Crippen LogP contribution < -0.4 is 0 Å². The number of aromatic nitrogens is 3. The molecule has 1 aromatic rings. The smallest absolute Gasteiger partial charge is 0.208 e. The maximum absolute atomic E-state index is 5.20. The number of terminal acetylenes is 1. The molecule has 11 heavy (non-hydrogen) atoms. The van der Waals surface area contributed by atoms with Crippen molar-refractivity contribution in [2.75, 3.05) is 6.61 Å². The third kappa shape index (κ3) is 0.900. The minimum absolute atomic E-state index is 0.522. The van der Waals surface area contributed by atoms with Crippen molar-refractivity contribution in [3.05, 3.63) is 11.6 Å². The highest BCUT2D eigenvalue weighted by molar-refractivity contribution is 5.17. The second-order valence-corrected chi connectivity index (χ2v) is 2.29. The Kier molecular flexibility index (Phi) is 1.37. The zero-order valence-electron chi connectivity index (χ0n) is 5.95. The quantitative estimate of drug-likeness (QED) is 0.479. The highest BCUT2D eigenvalue weighted by Crippen LogP contribution is 2.07. The summed E-state index contributed by atoms with van der Waals surface area (Å²) in [5, 5.41) is 7.69. The lowest BCUT2D eigenvalue weighted by Crippen LogP contribution is -2.17. The van der Waals surface area contributed by atoms with E-state index in [2.05, 4.69) is 16.1 Å². The van der Waals surface area contributed by atoms with E-state index in [0.717, 1.165) is 12.4 Å². The minimum Gasteiger partial charge on any atom is -0.372 e. The van der Waals surface area contributed by atoms with E-state index in [1.165, 1.54) is 0 Å². The van der Waals surface area contributed by atoms with Crippen molar-refractivity contribution in [3.8, 4) is 12.3 Å². The second-order valence-electron chi connectivity index (χ2n) is 2.29. The van der Waals surface area contributed by atoms with Gasteiger partial charge in [0, 0.05) is 6.54 Å². The molecule has 1 aromatic heterocycles. The molecule has 2 heterocycles. The lowest BCUT2D eigenvalue weighted by Gasteiger charge is -2.13. The summed E-state index contributed by atoms with van der Waals surface area (Å²) in [6.45, 7) is 1.98. The van der Waals surface area contributed by atoms with Gasteiger partial charge in [0.2, 0.25) is 5.82 Å². The van der Waals surface area contributed by atoms with Gasteiger partial charge in [0.25, 0.3) is 0 Å². The van der Waals surface area contributed by atoms with E-state index in [0.29, 0.717) is 19.0 Å². The van der Waals surface area contributed by atoms with Gasteiger partial charge >= 0.3 is 0 Å². The third-order valence-electron chi connectivity index (χ3n) is 1.65. The van der Waals surface area contributed by atoms with Crippen LogP contribution in [0.3, 0.4) is 0 Å². The van der Waals surface area contributed by atoms with Gasteiger partial charge in [-0.2, -0.15) is 0 Å². The Morgan fingerprint density at radius 2 is 2.45 bits per heavy atom. The number of nitrogens with zero attached hydrogens (tertiary/aromatic N) is 3. The molecule has 0 aliphatic carbocycles. The minimum atomic E-state index is 0.522. The van der Waals surface area contributed by atoms with E-state index < -0.39 is 0 Å². The maximum atomic E-state index is 5.20. The van der Waals surface area contributed by atoms with Gasteiger partial charge in [-0.25, -0.2) is 0 Å². The molecule has 2 rings (SSSR count). The van der Waals surface area contributed by atoms with Crippen molar-refractivity contribution in [2.45, 2.75) is 13.2 Å². The predicted molar refractivity (Wildman–Crippen MR) is 37.6 cm³/mol. The highest BCUT2D eigenvalue weighted by atomic mass is 16.5. The van der Waals surface area contributed by atoms with Crippen LogP contribution in [0.1, 0.15) is 11.6 Å². The Bertz CT molecular complexity index is 310. The van der Waals surface area contributed by atoms with Crippen molar-refractivity contribution in [3.63, 3.8) is 0 Å². The zero-order chi connectivity index (χ0) is 7.68. The summed E-state index contributed by atoms with van der Waals surface area (Å²) < 4.78 is 7.07. The van der Waals surface area contributed by atoms with Gasteiger partial charge in [0.05, 0.1) is 6.61 Å². The van der Waals surface area contributed by atoms with Gasteiger partial charge in [-0.15, -0.1) is 16.6 Å². The molecule has 0 saturated heterocycles. The fraction of sp³-hybridized carbons (Fsp3) is 0.429. The van der Waals surface area contributed by atoms with Crippen LogP contribution >= 0.6 is 0 Å². The Balaban J connectivity index is 2.48. The lowest BCUT2D eigenvalue weighted by atomic mass is 10.5. The molecule has 0 unspecified atom stereocenters. The van der Waals surface area contributed by atoms with Crippen LogP contribution in [0.25, 0.3) is 0 Å². The molecular formula is C7H7N3O. The topological polar surface area (TPSA) is 39.9 Å². The Morgan fingerprint density at radius 3 is 3.27 bits per heavy atom. The SMILES string of the molecule is C#Cc1nnc2n1CCOC2. The molecule has 0 fully saturated rings. The molecule has 0 saturated carbocycles. The van der Waals surface area contributed by atoms with Gasteiger partial charge in [0.1, 0.15) is 6.61 Å². The monoisotopic (exact) mass is 149 g/mol. The van der Waals surface area contributed by atoms with Gasteiger partial charge in [-0.05, 0) is 5.92 Å². The normalized spacial score (nSPS) is 15.5. The molecule has 0 atom stereocenters. The summed E-state index contributed by atoms with van der Waals surface area (Å²) in [7, 11) is 0. The first kappa shape index (κ1) is 6.38. The summed E-state index contributed by atoms with van der Waals surface area (Å²) in [5.74, 6) is 3.89. The van der Waals surface area contributed by atoms with Crippen LogP contribution in [-0.4, -0.2) is 21.4 Å². The molecular weight excluding hydrogens is 142 g/mol. The van der Waals surface area contributed by atoms with Gasteiger partial charge in [0.15, 0.2) is 5.82 Å². The van der Waals surface area contributed by atoms with Crippen molar-refractivity contribution >= 4 is 0 Å². The molecule has 0 amide bonds. The van der Waals surface area contributed by atoms with E-state index >= 15 is 0 Å². The number of rotatable bonds is 0. The average Bonchev–Trinajstić information content (AvgIpc) is 2.47. The summed E-state index contributed by atoms with van der Waals surface area (Å²) in [6.07, 6.45) is 5.20. The molecule has 0 spiro atoms. The van der Waals surface area contributed by atoms with Crippen LogP contribution in [0, 0.1) is 12.3 Å². The molecule has 0 aromatic carbocycles. The van der Waals surface area contributed by atoms with Gasteiger partial charge in [-0.1, -0.05) is 0 Å². The lowest BCUT2D eigenvalue weighted by molar-refractivity contribution is 0.0813. The van der Waals surface area contributed by atoms with E-state index in [9.17, 15) is 0 Å². The molecule has 4 heteroatoms. The molecule has 56 valence electrons. The van der Waals surface area contributed by atoms with Crippen molar-refractivity contribution in [1.29, 1.82) is 0 Å². The van der Waals surface area contributed by atoms with Crippen molar-refractivity contribution in [1.82, 2.24) is 14.8 Å². The van der Waals surface area contributed by atoms with E-state index in [1.807, 2.05) is 4.57 Å². The Morgan fingerprint density at radius 1 is 1.55 bits per heavy atom. The number of hydrogen-bond donors (Lipinski definition) is 0. The molecule has 0 bridgehead atoms. The number of hydrogen-bond acceptors (Lipinski definition) is 3. The molecule has 0 N–H and O–H groups in total. The van der Waals surface area contributed by atoms with Crippen LogP contribution in [0.5, 0.6) is 0 Å². The van der Waals surface area contributed by atoms with Crippen LogP contribution in [0.15, 0.2) is 0 Å². The largest absolute Gasteiger partial charge is 0.372 e. The standard InChI is InChI=1S/C7H7N3O/c1-2-6-8-9-7-5-11-4-3-10(6)7/h1H,3-5H2. The molecule has 1 aliphatic rings. The maximum Gasteiger partial charge on any atom is 0.208 e. The van der Waals surface area contributed by atoms with Crippen LogP contribution in [0.4, 0.5) is 0 Å². The molecule has 4 nitrogen and oxygen atoms in total. The number of ether oxygens (including phenoxy) is 1. The van der Waals surface area contributed by atoms with Crippen molar-refractivity contribution in [2.24, 2.45) is 0 Å². The molecule has 0 radical (unpaired) electrons. The second kappa shape index (κ2) is 2.36. The first-order chi connectivity index (χ1) is 5.42. The zero-order valence-corrected chi connectivity index (χ0v) is 5.95. The Labute approximate surface area is 64.2 Å². The van der Waals surface area contributed by atoms with Crippen LogP contribution in [-0.2, 0) is 17.9 Å². The van der Waals surface area contributed by atoms with Crippen molar-refractivity contribution < 1.29 is 4.74 Å². The van der Waals surface area contributed by atoms with E-state index in [-0.39, 0.29) is 0 Å². The van der Waals surface area contributed by atoms with Gasteiger partial charge in [-0.3, -0.25) is 0 Å². The first-order valence-electron chi connectivity index (χ1n) is 3.38. The van der Waals surface area contributed by atoms with Crippen LogP contribution in [0.2, 0.25) is 0 Å². The van der Waals surface area contributed by atoms with E-state index in [4.69, 9.17) is 11.2 Å². The summed E-state index contributed by atoms with van der Waals surface area (Å²) >= 11 is 0. The fourth-order valence-electron chi connectivity index (χ4n) is 1.10. The fourth-order valence-corrected chi connectivity index (χ4v) is 1.10. The summed E-state index contributed by atoms with van der Waals surface area (Å²) in [4.78, 5) is 0. The summed E-state index contributed by atoms with van der Waals surface area (Å²) in [5.41, 5.74) is 0. The molecule has 1 aliphatic heterocycles. The predicted octanol–water partition coefficient (Wildman–Crippen LogP) is -0.210.